The Hall–Kier alpha value is -3.38. The van der Waals surface area contributed by atoms with E-state index >= 15 is 0 Å². The molecule has 0 saturated carbocycles. The number of nitrogens with two attached hydrogens (primary N) is 2. The Morgan fingerprint density at radius 3 is 2.66 bits per heavy atom. The van der Waals surface area contributed by atoms with Crippen LogP contribution in [0.1, 0.15) is 30.4 Å². The lowest BCUT2D eigenvalue weighted by Crippen LogP contribution is -2.41. The molecule has 1 unspecified atom stereocenters. The van der Waals surface area contributed by atoms with E-state index in [9.17, 15) is 4.79 Å². The van der Waals surface area contributed by atoms with Gasteiger partial charge in [0.2, 0.25) is 0 Å². The van der Waals surface area contributed by atoms with Crippen molar-refractivity contribution < 1.29 is 9.90 Å². The van der Waals surface area contributed by atoms with Crippen molar-refractivity contribution in [3.05, 3.63) is 89.5 Å². The fraction of sp³-hybridized carbons (Fsp3) is 0.217. The number of carboxylic acids is 1. The third kappa shape index (κ3) is 5.56. The summed E-state index contributed by atoms with van der Waals surface area (Å²) in [5.41, 5.74) is 14.6. The average molecular weight is 390 g/mol. The van der Waals surface area contributed by atoms with Crippen molar-refractivity contribution in [3.63, 3.8) is 0 Å². The summed E-state index contributed by atoms with van der Waals surface area (Å²) in [6.45, 7) is 0.610. The summed E-state index contributed by atoms with van der Waals surface area (Å²) in [4.78, 5) is 15.1. The molecule has 0 radical (unpaired) electrons. The highest BCUT2D eigenvalue weighted by molar-refractivity contribution is 5.79. The predicted octanol–water partition coefficient (Wildman–Crippen LogP) is 3.33. The smallest absolute Gasteiger partial charge is 0.303 e. The van der Waals surface area contributed by atoms with Gasteiger partial charge in [-0.05, 0) is 36.1 Å². The van der Waals surface area contributed by atoms with Gasteiger partial charge in [0, 0.05) is 13.0 Å². The second-order valence-electron chi connectivity index (χ2n) is 7.15. The topological polar surface area (TPSA) is 114 Å². The highest BCUT2D eigenvalue weighted by atomic mass is 16.4. The van der Waals surface area contributed by atoms with E-state index in [-0.39, 0.29) is 12.4 Å². The van der Waals surface area contributed by atoms with Crippen LogP contribution >= 0.6 is 0 Å². The maximum atomic E-state index is 11.0. The molecule has 0 bridgehead atoms. The fourth-order valence-corrected chi connectivity index (χ4v) is 3.57. The van der Waals surface area contributed by atoms with Crippen molar-refractivity contribution in [1.82, 2.24) is 5.32 Å². The summed E-state index contributed by atoms with van der Waals surface area (Å²) < 4.78 is 0. The molecule has 6 nitrogen and oxygen atoms in total. The number of rotatable bonds is 8. The molecule has 1 atom stereocenters. The van der Waals surface area contributed by atoms with Crippen LogP contribution in [0.15, 0.2) is 83.4 Å². The third-order valence-electron chi connectivity index (χ3n) is 4.94. The summed E-state index contributed by atoms with van der Waals surface area (Å²) >= 11 is 0. The first-order chi connectivity index (χ1) is 14.0. The van der Waals surface area contributed by atoms with Gasteiger partial charge in [-0.2, -0.15) is 0 Å². The molecule has 1 aliphatic rings. The van der Waals surface area contributed by atoms with Crippen LogP contribution < -0.4 is 16.8 Å². The molecule has 29 heavy (non-hydrogen) atoms. The Morgan fingerprint density at radius 1 is 1.14 bits per heavy atom. The number of guanidine groups is 1. The second kappa shape index (κ2) is 9.21. The van der Waals surface area contributed by atoms with E-state index in [1.807, 2.05) is 54.6 Å². The van der Waals surface area contributed by atoms with E-state index in [4.69, 9.17) is 16.6 Å². The SMILES string of the molecule is NC(N)=Nc1cccc(CNC2(c3ccccc3)C=CC=C(CCC(=O)O)C2)c1. The Bertz CT molecular complexity index is 946. The normalized spacial score (nSPS) is 18.1. The highest BCUT2D eigenvalue weighted by Crippen LogP contribution is 2.35. The minimum atomic E-state index is -0.782. The molecule has 150 valence electrons. The van der Waals surface area contributed by atoms with Gasteiger partial charge in [0.05, 0.1) is 11.2 Å². The van der Waals surface area contributed by atoms with Crippen LogP contribution in [0.2, 0.25) is 0 Å². The van der Waals surface area contributed by atoms with Crippen LogP contribution in [0.25, 0.3) is 0 Å². The molecular weight excluding hydrogens is 364 g/mol. The fourth-order valence-electron chi connectivity index (χ4n) is 3.57. The van der Waals surface area contributed by atoms with Gasteiger partial charge < -0.3 is 16.6 Å². The van der Waals surface area contributed by atoms with E-state index in [0.717, 1.165) is 16.7 Å². The number of allylic oxidation sites excluding steroid dienone is 2. The average Bonchev–Trinajstić information content (AvgIpc) is 2.71. The van der Waals surface area contributed by atoms with Gasteiger partial charge in [-0.1, -0.05) is 66.3 Å². The maximum Gasteiger partial charge on any atom is 0.303 e. The first-order valence-corrected chi connectivity index (χ1v) is 9.55. The van der Waals surface area contributed by atoms with Crippen LogP contribution in [0, 0.1) is 0 Å². The number of nitrogens with zero attached hydrogens (tertiary/aromatic N) is 1. The van der Waals surface area contributed by atoms with Gasteiger partial charge >= 0.3 is 5.97 Å². The Balaban J connectivity index is 1.83. The number of carboxylic acid groups (broad SMARTS) is 1. The monoisotopic (exact) mass is 390 g/mol. The molecule has 2 aromatic rings. The van der Waals surface area contributed by atoms with Gasteiger partial charge in [0.15, 0.2) is 5.96 Å². The molecule has 6 heteroatoms. The highest BCUT2D eigenvalue weighted by Gasteiger charge is 2.31. The summed E-state index contributed by atoms with van der Waals surface area (Å²) in [5, 5.41) is 12.7. The zero-order valence-electron chi connectivity index (χ0n) is 16.2. The number of hydrogen-bond acceptors (Lipinski definition) is 3. The molecule has 1 aliphatic carbocycles. The molecule has 3 rings (SSSR count). The first-order valence-electron chi connectivity index (χ1n) is 9.55. The van der Waals surface area contributed by atoms with Crippen molar-refractivity contribution in [1.29, 1.82) is 0 Å². The van der Waals surface area contributed by atoms with E-state index in [1.165, 1.54) is 0 Å². The second-order valence-corrected chi connectivity index (χ2v) is 7.15. The molecule has 0 amide bonds. The van der Waals surface area contributed by atoms with Crippen LogP contribution in [-0.2, 0) is 16.9 Å². The van der Waals surface area contributed by atoms with Crippen molar-refractivity contribution in [3.8, 4) is 0 Å². The molecular formula is C23H26N4O2. The molecule has 6 N–H and O–H groups in total. The maximum absolute atomic E-state index is 11.0. The summed E-state index contributed by atoms with van der Waals surface area (Å²) in [7, 11) is 0. The summed E-state index contributed by atoms with van der Waals surface area (Å²) in [6, 6.07) is 17.9. The Morgan fingerprint density at radius 2 is 1.93 bits per heavy atom. The van der Waals surface area contributed by atoms with E-state index in [0.29, 0.717) is 25.1 Å². The molecule has 0 spiro atoms. The van der Waals surface area contributed by atoms with Gasteiger partial charge in [0.1, 0.15) is 0 Å². The number of benzene rings is 2. The minimum Gasteiger partial charge on any atom is -0.481 e. The van der Waals surface area contributed by atoms with Gasteiger partial charge in [-0.25, -0.2) is 4.99 Å². The van der Waals surface area contributed by atoms with Crippen LogP contribution in [0.4, 0.5) is 5.69 Å². The van der Waals surface area contributed by atoms with Crippen molar-refractivity contribution in [2.75, 3.05) is 0 Å². The van der Waals surface area contributed by atoms with E-state index in [1.54, 1.807) is 0 Å². The lowest BCUT2D eigenvalue weighted by molar-refractivity contribution is -0.136. The van der Waals surface area contributed by atoms with Crippen molar-refractivity contribution in [2.45, 2.75) is 31.3 Å². The number of aliphatic imine (C=N–C) groups is 1. The number of hydrogen-bond donors (Lipinski definition) is 4. The van der Waals surface area contributed by atoms with Gasteiger partial charge in [-0.15, -0.1) is 0 Å². The van der Waals surface area contributed by atoms with Crippen molar-refractivity contribution in [2.24, 2.45) is 16.5 Å². The lowest BCUT2D eigenvalue weighted by atomic mass is 9.79. The molecule has 0 saturated heterocycles. The Labute approximate surface area is 170 Å². The third-order valence-corrected chi connectivity index (χ3v) is 4.94. The lowest BCUT2D eigenvalue weighted by Gasteiger charge is -2.36. The summed E-state index contributed by atoms with van der Waals surface area (Å²) in [6.07, 6.45) is 7.56. The molecule has 0 aromatic heterocycles. The van der Waals surface area contributed by atoms with Crippen LogP contribution in [-0.4, -0.2) is 17.0 Å². The largest absolute Gasteiger partial charge is 0.481 e. The molecule has 0 fully saturated rings. The van der Waals surface area contributed by atoms with Crippen LogP contribution in [0.5, 0.6) is 0 Å². The quantitative estimate of drug-likeness (QED) is 0.408. The van der Waals surface area contributed by atoms with E-state index < -0.39 is 11.5 Å². The Kier molecular flexibility index (Phi) is 6.46. The van der Waals surface area contributed by atoms with E-state index in [2.05, 4.69) is 28.5 Å². The predicted molar refractivity (Wildman–Crippen MR) is 116 cm³/mol. The zero-order chi connectivity index (χ0) is 20.7. The van der Waals surface area contributed by atoms with Gasteiger partial charge in [0.25, 0.3) is 0 Å². The summed E-state index contributed by atoms with van der Waals surface area (Å²) in [5.74, 6) is -0.755. The number of aliphatic carboxylic acids is 1. The number of carbonyl (C=O) groups is 1. The number of nitrogens with one attached hydrogen (secondary N) is 1. The van der Waals surface area contributed by atoms with Gasteiger partial charge in [-0.3, -0.25) is 10.1 Å². The molecule has 2 aromatic carbocycles. The minimum absolute atomic E-state index is 0.0271. The van der Waals surface area contributed by atoms with Crippen molar-refractivity contribution >= 4 is 17.6 Å². The zero-order valence-corrected chi connectivity index (χ0v) is 16.2. The first kappa shape index (κ1) is 20.4. The molecule has 0 heterocycles. The molecule has 0 aliphatic heterocycles. The van der Waals surface area contributed by atoms with Crippen LogP contribution in [0.3, 0.4) is 0 Å². The standard InChI is InChI=1S/C23H26N4O2/c24-22(25)27-20-10-4-6-18(14-20)16-26-23(19-8-2-1-3-9-19)13-5-7-17(15-23)11-12-21(28)29/h1-10,13-14,26H,11-12,15-16H2,(H,28,29)(H4,24,25,27).